The second-order valence-electron chi connectivity index (χ2n) is 5.81. The predicted molar refractivity (Wildman–Crippen MR) is 81.8 cm³/mol. The van der Waals surface area contributed by atoms with Crippen molar-refractivity contribution in [1.82, 2.24) is 0 Å². The van der Waals surface area contributed by atoms with E-state index in [4.69, 9.17) is 11.1 Å². The second kappa shape index (κ2) is 6.09. The Balaban J connectivity index is 2.04. The number of nitrogens with two attached hydrogens (primary N) is 1. The van der Waals surface area contributed by atoms with E-state index in [1.54, 1.807) is 0 Å². The maximum Gasteiger partial charge on any atom is 0.0911 e. The SMILES string of the molecule is CCCCN(CC1(CC(=N)N)CC1)c1ccccc1. The van der Waals surface area contributed by atoms with Gasteiger partial charge in [-0.05, 0) is 36.8 Å². The Kier molecular flexibility index (Phi) is 4.46. The molecule has 1 aromatic carbocycles. The quantitative estimate of drug-likeness (QED) is 0.555. The normalized spacial score (nSPS) is 16.1. The fraction of sp³-hybridized carbons (Fsp3) is 0.562. The van der Waals surface area contributed by atoms with Crippen LogP contribution in [0.4, 0.5) is 5.69 Å². The van der Waals surface area contributed by atoms with Gasteiger partial charge in [-0.15, -0.1) is 0 Å². The van der Waals surface area contributed by atoms with Gasteiger partial charge in [-0.25, -0.2) is 0 Å². The lowest BCUT2D eigenvalue weighted by Gasteiger charge is -2.29. The summed E-state index contributed by atoms with van der Waals surface area (Å²) < 4.78 is 0. The first-order valence-electron chi connectivity index (χ1n) is 7.28. The molecule has 1 saturated carbocycles. The van der Waals surface area contributed by atoms with Crippen molar-refractivity contribution in [3.8, 4) is 0 Å². The summed E-state index contributed by atoms with van der Waals surface area (Å²) >= 11 is 0. The maximum absolute atomic E-state index is 7.54. The van der Waals surface area contributed by atoms with E-state index in [1.165, 1.54) is 31.4 Å². The van der Waals surface area contributed by atoms with Crippen molar-refractivity contribution in [3.05, 3.63) is 30.3 Å². The van der Waals surface area contributed by atoms with Crippen molar-refractivity contribution in [2.24, 2.45) is 11.1 Å². The first-order valence-corrected chi connectivity index (χ1v) is 7.28. The largest absolute Gasteiger partial charge is 0.388 e. The zero-order chi connectivity index (χ0) is 13.7. The highest BCUT2D eigenvalue weighted by Crippen LogP contribution is 2.49. The minimum atomic E-state index is 0.273. The Bertz CT molecular complexity index is 409. The van der Waals surface area contributed by atoms with Crippen LogP contribution in [-0.4, -0.2) is 18.9 Å². The van der Waals surface area contributed by atoms with E-state index >= 15 is 0 Å². The molecule has 0 bridgehead atoms. The van der Waals surface area contributed by atoms with Crippen molar-refractivity contribution in [2.75, 3.05) is 18.0 Å². The smallest absolute Gasteiger partial charge is 0.0911 e. The molecule has 1 aliphatic carbocycles. The van der Waals surface area contributed by atoms with Crippen LogP contribution in [0, 0.1) is 10.8 Å². The number of amidine groups is 1. The van der Waals surface area contributed by atoms with Crippen LogP contribution in [0.15, 0.2) is 30.3 Å². The number of hydrogen-bond acceptors (Lipinski definition) is 2. The summed E-state index contributed by atoms with van der Waals surface area (Å²) in [7, 11) is 0. The van der Waals surface area contributed by atoms with Crippen molar-refractivity contribution in [2.45, 2.75) is 39.0 Å². The van der Waals surface area contributed by atoms with Crippen LogP contribution >= 0.6 is 0 Å². The Morgan fingerprint density at radius 1 is 1.32 bits per heavy atom. The molecule has 0 amide bonds. The monoisotopic (exact) mass is 259 g/mol. The van der Waals surface area contributed by atoms with Crippen LogP contribution in [0.2, 0.25) is 0 Å². The van der Waals surface area contributed by atoms with E-state index < -0.39 is 0 Å². The van der Waals surface area contributed by atoms with Crippen LogP contribution in [-0.2, 0) is 0 Å². The summed E-state index contributed by atoms with van der Waals surface area (Å²) in [5, 5.41) is 7.54. The van der Waals surface area contributed by atoms with E-state index in [2.05, 4.69) is 42.2 Å². The van der Waals surface area contributed by atoms with E-state index in [9.17, 15) is 0 Å². The molecule has 0 aliphatic heterocycles. The number of hydrogen-bond donors (Lipinski definition) is 2. The number of rotatable bonds is 8. The van der Waals surface area contributed by atoms with E-state index in [1.807, 2.05) is 0 Å². The molecule has 0 unspecified atom stereocenters. The topological polar surface area (TPSA) is 53.1 Å². The van der Waals surface area contributed by atoms with Crippen LogP contribution in [0.25, 0.3) is 0 Å². The Labute approximate surface area is 116 Å². The highest BCUT2D eigenvalue weighted by atomic mass is 15.1. The molecule has 19 heavy (non-hydrogen) atoms. The van der Waals surface area contributed by atoms with Gasteiger partial charge >= 0.3 is 0 Å². The maximum atomic E-state index is 7.54. The molecule has 0 heterocycles. The molecular formula is C16H25N3. The molecule has 0 radical (unpaired) electrons. The molecule has 1 fully saturated rings. The molecule has 0 aromatic heterocycles. The fourth-order valence-electron chi connectivity index (χ4n) is 2.66. The number of benzene rings is 1. The average molecular weight is 259 g/mol. The van der Waals surface area contributed by atoms with Crippen LogP contribution in [0.1, 0.15) is 39.0 Å². The highest BCUT2D eigenvalue weighted by molar-refractivity contribution is 5.78. The van der Waals surface area contributed by atoms with Gasteiger partial charge in [0.05, 0.1) is 5.84 Å². The zero-order valence-corrected chi connectivity index (χ0v) is 11.9. The Hall–Kier alpha value is -1.51. The summed E-state index contributed by atoms with van der Waals surface area (Å²) in [6, 6.07) is 10.6. The summed E-state index contributed by atoms with van der Waals surface area (Å²) in [6.07, 6.45) is 5.60. The van der Waals surface area contributed by atoms with Crippen molar-refractivity contribution in [1.29, 1.82) is 5.41 Å². The van der Waals surface area contributed by atoms with Gasteiger partial charge in [0.2, 0.25) is 0 Å². The lowest BCUT2D eigenvalue weighted by molar-refractivity contribution is 0.509. The molecule has 104 valence electrons. The second-order valence-corrected chi connectivity index (χ2v) is 5.81. The van der Waals surface area contributed by atoms with Crippen LogP contribution in [0.3, 0.4) is 0 Å². The first-order chi connectivity index (χ1) is 9.15. The van der Waals surface area contributed by atoms with Crippen molar-refractivity contribution < 1.29 is 0 Å². The molecule has 1 aliphatic rings. The van der Waals surface area contributed by atoms with Gasteiger partial charge < -0.3 is 10.6 Å². The van der Waals surface area contributed by atoms with Gasteiger partial charge in [0.25, 0.3) is 0 Å². The summed E-state index contributed by atoms with van der Waals surface area (Å²) in [6.45, 7) is 4.36. The van der Waals surface area contributed by atoms with E-state index in [-0.39, 0.29) is 5.41 Å². The zero-order valence-electron chi connectivity index (χ0n) is 11.9. The Morgan fingerprint density at radius 2 is 2.00 bits per heavy atom. The molecular weight excluding hydrogens is 234 g/mol. The van der Waals surface area contributed by atoms with Gasteiger partial charge in [-0.3, -0.25) is 5.41 Å². The molecule has 2 rings (SSSR count). The summed E-state index contributed by atoms with van der Waals surface area (Å²) in [4.78, 5) is 2.47. The fourth-order valence-corrected chi connectivity index (χ4v) is 2.66. The van der Waals surface area contributed by atoms with Gasteiger partial charge in [-0.2, -0.15) is 0 Å². The van der Waals surface area contributed by atoms with Gasteiger partial charge in [0.15, 0.2) is 0 Å². The number of para-hydroxylation sites is 1. The number of unbranched alkanes of at least 4 members (excludes halogenated alkanes) is 1. The standard InChI is InChI=1S/C16H25N3/c1-2-3-11-19(14-7-5-4-6-8-14)13-16(9-10-16)12-15(17)18/h4-8H,2-3,9-13H2,1H3,(H3,17,18). The highest BCUT2D eigenvalue weighted by Gasteiger charge is 2.44. The Morgan fingerprint density at radius 3 is 2.53 bits per heavy atom. The first kappa shape index (κ1) is 13.9. The minimum absolute atomic E-state index is 0.273. The van der Waals surface area contributed by atoms with Gasteiger partial charge in [0.1, 0.15) is 0 Å². The summed E-state index contributed by atoms with van der Waals surface area (Å²) in [5.41, 5.74) is 7.17. The van der Waals surface area contributed by atoms with Crippen molar-refractivity contribution in [3.63, 3.8) is 0 Å². The average Bonchev–Trinajstić information content (AvgIpc) is 3.14. The van der Waals surface area contributed by atoms with E-state index in [0.29, 0.717) is 5.84 Å². The molecule has 1 aromatic rings. The minimum Gasteiger partial charge on any atom is -0.388 e. The predicted octanol–water partition coefficient (Wildman–Crippen LogP) is 3.40. The lowest BCUT2D eigenvalue weighted by atomic mass is 10.0. The third-order valence-corrected chi connectivity index (χ3v) is 3.95. The molecule has 0 atom stereocenters. The van der Waals surface area contributed by atoms with E-state index in [0.717, 1.165) is 19.5 Å². The van der Waals surface area contributed by atoms with Gasteiger partial charge in [-0.1, -0.05) is 31.5 Å². The van der Waals surface area contributed by atoms with Crippen molar-refractivity contribution >= 4 is 11.5 Å². The number of nitrogens with zero attached hydrogens (tertiary/aromatic N) is 1. The molecule has 3 nitrogen and oxygen atoms in total. The van der Waals surface area contributed by atoms with Crippen LogP contribution < -0.4 is 10.6 Å². The summed E-state index contributed by atoms with van der Waals surface area (Å²) in [5.74, 6) is 0.334. The van der Waals surface area contributed by atoms with Crippen LogP contribution in [0.5, 0.6) is 0 Å². The van der Waals surface area contributed by atoms with Gasteiger partial charge in [0, 0.05) is 25.2 Å². The molecule has 3 heteroatoms. The lowest BCUT2D eigenvalue weighted by Crippen LogP contribution is -2.33. The number of nitrogens with one attached hydrogen (secondary N) is 1. The third kappa shape index (κ3) is 3.98. The molecule has 3 N–H and O–H groups in total. The molecule has 0 spiro atoms. The molecule has 0 saturated heterocycles. The third-order valence-electron chi connectivity index (χ3n) is 3.95. The number of anilines is 1.